The first-order valence-electron chi connectivity index (χ1n) is 14.2. The molecule has 2 aliphatic rings. The van der Waals surface area contributed by atoms with Crippen LogP contribution in [-0.4, -0.2) is 176 Å². The minimum Gasteiger partial charge on any atom is -0.396 e. The topological polar surface area (TPSA) is 304 Å². The number of carbonyl (C=O) groups excluding carboxylic acids is 1. The second kappa shape index (κ2) is 18.7. The van der Waals surface area contributed by atoms with Crippen LogP contribution in [0.15, 0.2) is 0 Å². The van der Waals surface area contributed by atoms with Crippen molar-refractivity contribution in [1.82, 2.24) is 5.32 Å². The summed E-state index contributed by atoms with van der Waals surface area (Å²) < 4.78 is 27.6. The zero-order chi connectivity index (χ0) is 32.3. The molecule has 2 fully saturated rings. The molecule has 13 N–H and O–H groups in total. The molecule has 2 heterocycles. The third-order valence-corrected chi connectivity index (χ3v) is 7.25. The largest absolute Gasteiger partial charge is 0.396 e. The van der Waals surface area contributed by atoms with Crippen LogP contribution in [0.4, 0.5) is 0 Å². The van der Waals surface area contributed by atoms with Gasteiger partial charge in [0.15, 0.2) is 18.9 Å². The minimum absolute atomic E-state index is 0.0625. The highest BCUT2D eigenvalue weighted by molar-refractivity contribution is 5.73. The maximum Gasteiger partial charge on any atom is 0.217 e. The highest BCUT2D eigenvalue weighted by Crippen LogP contribution is 2.31. The molecule has 0 aromatic carbocycles. The summed E-state index contributed by atoms with van der Waals surface area (Å²) in [4.78, 5) is 12.0. The van der Waals surface area contributed by atoms with Crippen LogP contribution in [0.5, 0.6) is 0 Å². The fourth-order valence-corrected chi connectivity index (χ4v) is 4.81. The van der Waals surface area contributed by atoms with Crippen molar-refractivity contribution in [2.75, 3.05) is 33.0 Å². The third kappa shape index (κ3) is 10.4. The van der Waals surface area contributed by atoms with E-state index >= 15 is 0 Å². The highest BCUT2D eigenvalue weighted by Gasteiger charge is 2.52. The Morgan fingerprint density at radius 2 is 1.51 bits per heavy atom. The molecule has 2 aliphatic heterocycles. The third-order valence-electron chi connectivity index (χ3n) is 7.25. The van der Waals surface area contributed by atoms with Gasteiger partial charge in [-0.3, -0.25) is 4.79 Å². The zero-order valence-electron chi connectivity index (χ0n) is 23.9. The van der Waals surface area contributed by atoms with E-state index in [1.165, 1.54) is 0 Å². The normalized spacial score (nSPS) is 36.1. The lowest BCUT2D eigenvalue weighted by Crippen LogP contribution is -2.68. The average Bonchev–Trinajstić information content (AvgIpc) is 2.98. The number of nitrogens with two attached hydrogens (primary N) is 1. The number of hydrogen-bond acceptors (Lipinski definition) is 17. The van der Waals surface area contributed by atoms with E-state index in [1.807, 2.05) is 0 Å². The maximum absolute atomic E-state index is 12.0. The molecule has 0 spiro atoms. The van der Waals surface area contributed by atoms with Crippen LogP contribution < -0.4 is 11.1 Å². The maximum atomic E-state index is 12.0. The standard InChI is InChI=1S/C25H48N2O16/c1-11(31)27-15-18(34)22(43-25-21(37)19(35)17(33)13(9-29)41-25)14(10-30)42-24(15)40-12(5-7-28)16(32)20(36)23(38)39-8-4-2-3-6-26/h12-25,28-30,32-38H,2-10,26H2,1H3,(H,27,31)/t12-,13?,14?,15?,16?,17-,18?,19?,20?,21?,22?,23-,24-,25-/m1/s1. The first-order chi connectivity index (χ1) is 20.4. The molecule has 43 heavy (non-hydrogen) atoms. The van der Waals surface area contributed by atoms with E-state index < -0.39 is 112 Å². The molecular weight excluding hydrogens is 584 g/mol. The van der Waals surface area contributed by atoms with Gasteiger partial charge in [-0.25, -0.2) is 0 Å². The lowest BCUT2D eigenvalue weighted by Gasteiger charge is -2.47. The molecule has 0 bridgehead atoms. The Hall–Kier alpha value is -1.17. The SMILES string of the molecule is CC(=O)NC1C(O)C(O[C@H]2OC(CO)[C@@H](O)C(O)C2O)C(CO)O[C@H]1O[C@H](CCO)C(O)C(O)[C@H](O)OCCCCCN. The fraction of sp³-hybridized carbons (Fsp3) is 0.960. The molecule has 14 atom stereocenters. The summed E-state index contributed by atoms with van der Waals surface area (Å²) in [6.07, 6.45) is -20.1. The van der Waals surface area contributed by atoms with Crippen LogP contribution in [0.1, 0.15) is 32.6 Å². The van der Waals surface area contributed by atoms with Crippen LogP contribution in [0.3, 0.4) is 0 Å². The average molecular weight is 633 g/mol. The Bertz CT molecular complexity index is 798. The van der Waals surface area contributed by atoms with E-state index in [9.17, 15) is 55.9 Å². The van der Waals surface area contributed by atoms with E-state index in [1.54, 1.807) is 0 Å². The summed E-state index contributed by atoms with van der Waals surface area (Å²) in [7, 11) is 0. The number of nitrogens with one attached hydrogen (secondary N) is 1. The van der Waals surface area contributed by atoms with Crippen molar-refractivity contribution >= 4 is 5.91 Å². The van der Waals surface area contributed by atoms with E-state index in [0.717, 1.165) is 19.8 Å². The van der Waals surface area contributed by atoms with Gasteiger partial charge < -0.3 is 85.8 Å². The van der Waals surface area contributed by atoms with Crippen molar-refractivity contribution < 1.29 is 79.5 Å². The minimum atomic E-state index is -1.91. The van der Waals surface area contributed by atoms with Gasteiger partial charge in [0.25, 0.3) is 0 Å². The Morgan fingerprint density at radius 1 is 0.860 bits per heavy atom. The van der Waals surface area contributed by atoms with Gasteiger partial charge in [0.05, 0.1) is 19.3 Å². The number of amides is 1. The van der Waals surface area contributed by atoms with Crippen molar-refractivity contribution in [3.8, 4) is 0 Å². The van der Waals surface area contributed by atoms with E-state index in [2.05, 4.69) is 5.32 Å². The zero-order valence-corrected chi connectivity index (χ0v) is 23.9. The Labute approximate surface area is 248 Å². The molecule has 0 aliphatic carbocycles. The Kier molecular flexibility index (Phi) is 16.5. The summed E-state index contributed by atoms with van der Waals surface area (Å²) in [5, 5.41) is 105. The molecule has 0 aromatic heterocycles. The molecule has 1 amide bonds. The lowest BCUT2D eigenvalue weighted by atomic mass is 9.95. The number of hydrogen-bond donors (Lipinski definition) is 12. The smallest absolute Gasteiger partial charge is 0.217 e. The molecule has 2 saturated heterocycles. The number of rotatable bonds is 18. The summed E-state index contributed by atoms with van der Waals surface area (Å²) in [6.45, 7) is -0.474. The second-order valence-electron chi connectivity index (χ2n) is 10.5. The van der Waals surface area contributed by atoms with Crippen LogP contribution in [-0.2, 0) is 28.5 Å². The molecule has 254 valence electrons. The number of aliphatic hydroxyl groups excluding tert-OH is 10. The molecule has 2 rings (SSSR count). The van der Waals surface area contributed by atoms with Crippen molar-refractivity contribution in [3.05, 3.63) is 0 Å². The molecule has 0 saturated carbocycles. The second-order valence-corrected chi connectivity index (χ2v) is 10.5. The summed E-state index contributed by atoms with van der Waals surface area (Å²) in [5.74, 6) is -0.673. The Morgan fingerprint density at radius 3 is 2.09 bits per heavy atom. The van der Waals surface area contributed by atoms with Crippen LogP contribution in [0.25, 0.3) is 0 Å². The summed E-state index contributed by atoms with van der Waals surface area (Å²) in [5.41, 5.74) is 5.43. The summed E-state index contributed by atoms with van der Waals surface area (Å²) >= 11 is 0. The molecule has 18 nitrogen and oxygen atoms in total. The van der Waals surface area contributed by atoms with Crippen LogP contribution in [0.2, 0.25) is 0 Å². The van der Waals surface area contributed by atoms with Gasteiger partial charge in [-0.1, -0.05) is 0 Å². The van der Waals surface area contributed by atoms with Gasteiger partial charge >= 0.3 is 0 Å². The van der Waals surface area contributed by atoms with Gasteiger partial charge in [-0.15, -0.1) is 0 Å². The Balaban J connectivity index is 2.20. The van der Waals surface area contributed by atoms with Gasteiger partial charge in [0, 0.05) is 20.1 Å². The number of aliphatic hydroxyl groups is 10. The van der Waals surface area contributed by atoms with E-state index in [0.29, 0.717) is 13.0 Å². The van der Waals surface area contributed by atoms with Crippen LogP contribution >= 0.6 is 0 Å². The monoisotopic (exact) mass is 632 g/mol. The van der Waals surface area contributed by atoms with Crippen molar-refractivity contribution in [1.29, 1.82) is 0 Å². The van der Waals surface area contributed by atoms with Crippen molar-refractivity contribution in [3.63, 3.8) is 0 Å². The lowest BCUT2D eigenvalue weighted by molar-refractivity contribution is -0.353. The number of carbonyl (C=O) groups is 1. The quantitative estimate of drug-likeness (QED) is 0.0494. The van der Waals surface area contributed by atoms with Crippen molar-refractivity contribution in [2.45, 2.75) is 119 Å². The van der Waals surface area contributed by atoms with Gasteiger partial charge in [-0.2, -0.15) is 0 Å². The molecule has 9 unspecified atom stereocenters. The van der Waals surface area contributed by atoms with Crippen LogP contribution in [0, 0.1) is 0 Å². The molecule has 18 heteroatoms. The van der Waals surface area contributed by atoms with E-state index in [-0.39, 0.29) is 13.0 Å². The van der Waals surface area contributed by atoms with E-state index in [4.69, 9.17) is 29.4 Å². The number of unbranched alkanes of at least 4 members (excludes halogenated alkanes) is 2. The predicted molar refractivity (Wildman–Crippen MR) is 141 cm³/mol. The molecule has 0 radical (unpaired) electrons. The first kappa shape index (κ1) is 38.0. The fourth-order valence-electron chi connectivity index (χ4n) is 4.81. The predicted octanol–water partition coefficient (Wildman–Crippen LogP) is -6.29. The first-order valence-corrected chi connectivity index (χ1v) is 14.2. The van der Waals surface area contributed by atoms with Crippen molar-refractivity contribution in [2.24, 2.45) is 5.73 Å². The molecular formula is C25H48N2O16. The summed E-state index contributed by atoms with van der Waals surface area (Å²) in [6, 6.07) is -1.47. The van der Waals surface area contributed by atoms with Gasteiger partial charge in [-0.05, 0) is 32.2 Å². The van der Waals surface area contributed by atoms with Gasteiger partial charge in [0.1, 0.15) is 61.0 Å². The van der Waals surface area contributed by atoms with Gasteiger partial charge in [0.2, 0.25) is 5.91 Å². The number of ether oxygens (including phenoxy) is 5. The molecule has 0 aromatic rings. The highest BCUT2D eigenvalue weighted by atomic mass is 16.7.